The van der Waals surface area contributed by atoms with E-state index in [1.165, 1.54) is 25.7 Å². The first kappa shape index (κ1) is 12.9. The zero-order valence-corrected chi connectivity index (χ0v) is 11.9. The van der Waals surface area contributed by atoms with E-state index in [-0.39, 0.29) is 10.8 Å². The lowest BCUT2D eigenvalue weighted by atomic mass is 9.51. The van der Waals surface area contributed by atoms with E-state index < -0.39 is 0 Å². The van der Waals surface area contributed by atoms with E-state index in [1.807, 2.05) is 0 Å². The zero-order valence-electron chi connectivity index (χ0n) is 11.9. The van der Waals surface area contributed by atoms with Crippen LogP contribution in [0.2, 0.25) is 0 Å². The van der Waals surface area contributed by atoms with Crippen LogP contribution in [0, 0.1) is 39.9 Å². The highest BCUT2D eigenvalue weighted by Gasteiger charge is 2.54. The summed E-state index contributed by atoms with van der Waals surface area (Å²) in [6, 6.07) is 2.68. The van der Waals surface area contributed by atoms with Gasteiger partial charge in [0, 0.05) is 0 Å². The van der Waals surface area contributed by atoms with Crippen molar-refractivity contribution in [2.45, 2.75) is 66.2 Å². The highest BCUT2D eigenvalue weighted by molar-refractivity contribution is 5.14. The maximum Gasteiger partial charge on any atom is 0.0695 e. The van der Waals surface area contributed by atoms with Gasteiger partial charge in [0.1, 0.15) is 0 Å². The Balaban J connectivity index is 2.10. The van der Waals surface area contributed by atoms with Gasteiger partial charge in [-0.2, -0.15) is 5.26 Å². The Morgan fingerprint density at radius 2 is 1.88 bits per heavy atom. The van der Waals surface area contributed by atoms with Crippen molar-refractivity contribution in [2.24, 2.45) is 28.6 Å². The summed E-state index contributed by atoms with van der Waals surface area (Å²) in [7, 11) is 0. The standard InChI is InChI=1S/C16H27N/c1-12(2)13-6-7-14(10-13)15(3,4)16(11-17)8-5-9-16/h12-14H,5-10H2,1-4H3. The maximum atomic E-state index is 9.56. The summed E-state index contributed by atoms with van der Waals surface area (Å²) < 4.78 is 0. The Morgan fingerprint density at radius 1 is 1.24 bits per heavy atom. The summed E-state index contributed by atoms with van der Waals surface area (Å²) in [5.41, 5.74) is 0.229. The topological polar surface area (TPSA) is 23.8 Å². The molecule has 0 amide bonds. The molecular formula is C16H27N. The van der Waals surface area contributed by atoms with Gasteiger partial charge in [-0.25, -0.2) is 0 Å². The van der Waals surface area contributed by atoms with E-state index in [1.54, 1.807) is 0 Å². The summed E-state index contributed by atoms with van der Waals surface area (Å²) in [5.74, 6) is 2.49. The van der Waals surface area contributed by atoms with Crippen LogP contribution in [0.5, 0.6) is 0 Å². The SMILES string of the molecule is CC(C)C1CCC(C(C)(C)C2(C#N)CCC2)C1. The van der Waals surface area contributed by atoms with E-state index in [9.17, 15) is 5.26 Å². The summed E-state index contributed by atoms with van der Waals surface area (Å²) in [6.45, 7) is 9.43. The van der Waals surface area contributed by atoms with E-state index in [2.05, 4.69) is 33.8 Å². The maximum absolute atomic E-state index is 9.56. The summed E-state index contributed by atoms with van der Waals surface area (Å²) in [4.78, 5) is 0. The van der Waals surface area contributed by atoms with Crippen molar-refractivity contribution in [3.05, 3.63) is 0 Å². The molecule has 17 heavy (non-hydrogen) atoms. The normalized spacial score (nSPS) is 32.2. The summed E-state index contributed by atoms with van der Waals surface area (Å²) >= 11 is 0. The number of nitriles is 1. The summed E-state index contributed by atoms with van der Waals surface area (Å²) in [6.07, 6.45) is 7.62. The molecule has 0 radical (unpaired) electrons. The van der Waals surface area contributed by atoms with E-state index in [0.717, 1.165) is 30.6 Å². The van der Waals surface area contributed by atoms with Gasteiger partial charge in [0.25, 0.3) is 0 Å². The smallest absolute Gasteiger partial charge is 0.0695 e. The minimum Gasteiger partial charge on any atom is -0.198 e. The largest absolute Gasteiger partial charge is 0.198 e. The third kappa shape index (κ3) is 1.90. The van der Waals surface area contributed by atoms with Gasteiger partial charge in [0.2, 0.25) is 0 Å². The van der Waals surface area contributed by atoms with E-state index in [4.69, 9.17) is 0 Å². The molecule has 96 valence electrons. The number of hydrogen-bond donors (Lipinski definition) is 0. The Hall–Kier alpha value is -0.510. The fourth-order valence-electron chi connectivity index (χ4n) is 4.10. The Labute approximate surface area is 107 Å². The minimum atomic E-state index is 0.00351. The summed E-state index contributed by atoms with van der Waals surface area (Å²) in [5, 5.41) is 9.56. The van der Waals surface area contributed by atoms with Crippen molar-refractivity contribution in [1.82, 2.24) is 0 Å². The lowest BCUT2D eigenvalue weighted by Crippen LogP contribution is -2.46. The van der Waals surface area contributed by atoms with Gasteiger partial charge < -0.3 is 0 Å². The van der Waals surface area contributed by atoms with Crippen molar-refractivity contribution in [1.29, 1.82) is 5.26 Å². The fraction of sp³-hybridized carbons (Fsp3) is 0.938. The number of rotatable bonds is 3. The molecule has 2 aliphatic rings. The molecular weight excluding hydrogens is 206 g/mol. The predicted molar refractivity (Wildman–Crippen MR) is 71.3 cm³/mol. The van der Waals surface area contributed by atoms with E-state index >= 15 is 0 Å². The van der Waals surface area contributed by atoms with Crippen LogP contribution >= 0.6 is 0 Å². The molecule has 2 fully saturated rings. The Morgan fingerprint density at radius 3 is 2.24 bits per heavy atom. The average Bonchev–Trinajstić information content (AvgIpc) is 2.65. The zero-order chi connectivity index (χ0) is 12.7. The number of hydrogen-bond acceptors (Lipinski definition) is 1. The first-order valence-corrected chi connectivity index (χ1v) is 7.34. The van der Waals surface area contributed by atoms with Gasteiger partial charge in [0.15, 0.2) is 0 Å². The van der Waals surface area contributed by atoms with Crippen molar-refractivity contribution in [3.63, 3.8) is 0 Å². The van der Waals surface area contributed by atoms with Crippen LogP contribution in [0.1, 0.15) is 66.2 Å². The molecule has 0 saturated heterocycles. The van der Waals surface area contributed by atoms with Crippen LogP contribution in [-0.2, 0) is 0 Å². The van der Waals surface area contributed by atoms with Crippen LogP contribution in [0.4, 0.5) is 0 Å². The van der Waals surface area contributed by atoms with Crippen LogP contribution in [0.15, 0.2) is 0 Å². The Bertz CT molecular complexity index is 317. The fourth-order valence-corrected chi connectivity index (χ4v) is 4.10. The first-order chi connectivity index (χ1) is 7.93. The van der Waals surface area contributed by atoms with Gasteiger partial charge in [-0.3, -0.25) is 0 Å². The molecule has 2 unspecified atom stereocenters. The molecule has 0 bridgehead atoms. The number of nitrogens with zero attached hydrogens (tertiary/aromatic N) is 1. The predicted octanol–water partition coefficient (Wildman–Crippen LogP) is 4.78. The van der Waals surface area contributed by atoms with Gasteiger partial charge in [-0.1, -0.05) is 34.1 Å². The molecule has 2 rings (SSSR count). The van der Waals surface area contributed by atoms with Gasteiger partial charge >= 0.3 is 0 Å². The van der Waals surface area contributed by atoms with Crippen LogP contribution in [0.3, 0.4) is 0 Å². The highest BCUT2D eigenvalue weighted by atomic mass is 14.6. The van der Waals surface area contributed by atoms with Gasteiger partial charge in [-0.15, -0.1) is 0 Å². The molecule has 0 aromatic rings. The molecule has 0 heterocycles. The molecule has 2 saturated carbocycles. The highest BCUT2D eigenvalue weighted by Crippen LogP contribution is 2.60. The van der Waals surface area contributed by atoms with Crippen molar-refractivity contribution in [3.8, 4) is 6.07 Å². The molecule has 2 atom stereocenters. The second-order valence-electron chi connectivity index (χ2n) is 7.28. The monoisotopic (exact) mass is 233 g/mol. The second-order valence-corrected chi connectivity index (χ2v) is 7.28. The molecule has 1 heteroatoms. The molecule has 0 N–H and O–H groups in total. The molecule has 0 aromatic carbocycles. The lowest BCUT2D eigenvalue weighted by molar-refractivity contribution is -0.00837. The molecule has 1 nitrogen and oxygen atoms in total. The average molecular weight is 233 g/mol. The quantitative estimate of drug-likeness (QED) is 0.688. The first-order valence-electron chi connectivity index (χ1n) is 7.34. The second kappa shape index (κ2) is 4.30. The van der Waals surface area contributed by atoms with Crippen LogP contribution in [0.25, 0.3) is 0 Å². The third-order valence-corrected chi connectivity index (χ3v) is 6.09. The molecule has 0 aliphatic heterocycles. The molecule has 2 aliphatic carbocycles. The minimum absolute atomic E-state index is 0.00351. The molecule has 0 aromatic heterocycles. The van der Waals surface area contributed by atoms with Crippen LogP contribution < -0.4 is 0 Å². The van der Waals surface area contributed by atoms with E-state index in [0.29, 0.717) is 0 Å². The van der Waals surface area contributed by atoms with Gasteiger partial charge in [0.05, 0.1) is 11.5 Å². The Kier molecular flexibility index (Phi) is 3.27. The third-order valence-electron chi connectivity index (χ3n) is 6.09. The van der Waals surface area contributed by atoms with Crippen molar-refractivity contribution in [2.75, 3.05) is 0 Å². The van der Waals surface area contributed by atoms with Crippen molar-refractivity contribution < 1.29 is 0 Å². The van der Waals surface area contributed by atoms with Crippen LogP contribution in [-0.4, -0.2) is 0 Å². The van der Waals surface area contributed by atoms with Crippen molar-refractivity contribution >= 4 is 0 Å². The molecule has 0 spiro atoms. The van der Waals surface area contributed by atoms with Gasteiger partial charge in [-0.05, 0) is 55.3 Å². The lowest BCUT2D eigenvalue weighted by Gasteiger charge is -2.51.